The molecule has 0 atom stereocenters. The molecule has 6 heteroatoms. The highest BCUT2D eigenvalue weighted by atomic mass is 35.5. The smallest absolute Gasteiger partial charge is 0.255 e. The minimum Gasteiger partial charge on any atom is -0.378 e. The zero-order chi connectivity index (χ0) is 14.4. The quantitative estimate of drug-likeness (QED) is 0.752. The first-order valence-corrected chi connectivity index (χ1v) is 6.40. The molecule has 0 N–H and O–H groups in total. The Morgan fingerprint density at radius 3 is 2.26 bits per heavy atom. The molecule has 3 nitrogen and oxygen atoms in total. The molecule has 0 aromatic heterocycles. The predicted molar refractivity (Wildman–Crippen MR) is 73.4 cm³/mol. The van der Waals surface area contributed by atoms with Crippen molar-refractivity contribution in [2.24, 2.45) is 0 Å². The molecule has 19 heavy (non-hydrogen) atoms. The first-order valence-electron chi connectivity index (χ1n) is 5.86. The van der Waals surface area contributed by atoms with Gasteiger partial charge in [0.15, 0.2) is 0 Å². The molecular weight excluding hydrogens is 274 g/mol. The van der Waals surface area contributed by atoms with Crippen LogP contribution in [0.3, 0.4) is 0 Å². The lowest BCUT2D eigenvalue weighted by Gasteiger charge is -2.21. The third kappa shape index (κ3) is 4.67. The molecule has 0 heterocycles. The van der Waals surface area contributed by atoms with E-state index in [4.69, 9.17) is 11.6 Å². The van der Waals surface area contributed by atoms with Crippen molar-refractivity contribution in [1.82, 2.24) is 4.90 Å². The molecule has 1 aromatic carbocycles. The minimum atomic E-state index is -2.56. The Balaban J connectivity index is 2.83. The van der Waals surface area contributed by atoms with Crippen LogP contribution >= 0.6 is 11.6 Å². The number of carbonyl (C=O) groups excluding carboxylic acids is 1. The van der Waals surface area contributed by atoms with Crippen molar-refractivity contribution < 1.29 is 13.6 Å². The summed E-state index contributed by atoms with van der Waals surface area (Å²) in [7, 11) is 3.76. The van der Waals surface area contributed by atoms with Crippen LogP contribution in [-0.2, 0) is 0 Å². The van der Waals surface area contributed by atoms with E-state index in [1.165, 1.54) is 0 Å². The third-order valence-corrected chi connectivity index (χ3v) is 2.80. The van der Waals surface area contributed by atoms with Gasteiger partial charge < -0.3 is 9.80 Å². The summed E-state index contributed by atoms with van der Waals surface area (Å²) in [6, 6.07) is 6.80. The maximum Gasteiger partial charge on any atom is 0.255 e. The van der Waals surface area contributed by atoms with Crippen LogP contribution < -0.4 is 4.90 Å². The van der Waals surface area contributed by atoms with Gasteiger partial charge in [-0.05, 0) is 24.3 Å². The monoisotopic (exact) mass is 290 g/mol. The number of alkyl halides is 3. The number of halogens is 3. The van der Waals surface area contributed by atoms with Crippen molar-refractivity contribution in [3.05, 3.63) is 29.8 Å². The van der Waals surface area contributed by atoms with Gasteiger partial charge in [-0.1, -0.05) is 0 Å². The highest BCUT2D eigenvalue weighted by Crippen LogP contribution is 2.14. The predicted octanol–water partition coefficient (Wildman–Crippen LogP) is 2.70. The largest absolute Gasteiger partial charge is 0.378 e. The van der Waals surface area contributed by atoms with Crippen LogP contribution in [0, 0.1) is 0 Å². The molecule has 0 fully saturated rings. The van der Waals surface area contributed by atoms with E-state index in [2.05, 4.69) is 0 Å². The Bertz CT molecular complexity index is 410. The van der Waals surface area contributed by atoms with E-state index in [0.29, 0.717) is 5.56 Å². The van der Waals surface area contributed by atoms with Crippen LogP contribution in [0.2, 0.25) is 0 Å². The highest BCUT2D eigenvalue weighted by Gasteiger charge is 2.19. The molecule has 1 rings (SSSR count). The average Bonchev–Trinajstić information content (AvgIpc) is 2.37. The van der Waals surface area contributed by atoms with E-state index in [-0.39, 0.29) is 12.4 Å². The summed E-state index contributed by atoms with van der Waals surface area (Å²) >= 11 is 5.53. The SMILES string of the molecule is CN(C)c1ccc(C(=O)N(CCCl)CC(F)F)cc1. The zero-order valence-corrected chi connectivity index (χ0v) is 11.7. The van der Waals surface area contributed by atoms with E-state index in [1.807, 2.05) is 19.0 Å². The van der Waals surface area contributed by atoms with Crippen molar-refractivity contribution in [3.8, 4) is 0 Å². The molecule has 0 aliphatic heterocycles. The van der Waals surface area contributed by atoms with Crippen LogP contribution in [-0.4, -0.2) is 50.3 Å². The Hall–Kier alpha value is -1.36. The van der Waals surface area contributed by atoms with Crippen LogP contribution in [0.25, 0.3) is 0 Å². The van der Waals surface area contributed by atoms with Crippen molar-refractivity contribution in [2.45, 2.75) is 6.43 Å². The van der Waals surface area contributed by atoms with Gasteiger partial charge in [0, 0.05) is 37.8 Å². The van der Waals surface area contributed by atoms with Gasteiger partial charge in [0.25, 0.3) is 12.3 Å². The lowest BCUT2D eigenvalue weighted by atomic mass is 10.1. The number of benzene rings is 1. The van der Waals surface area contributed by atoms with Gasteiger partial charge in [0.05, 0.1) is 6.54 Å². The first-order chi connectivity index (χ1) is 8.95. The van der Waals surface area contributed by atoms with E-state index in [9.17, 15) is 13.6 Å². The Morgan fingerprint density at radius 1 is 1.26 bits per heavy atom. The number of nitrogens with zero attached hydrogens (tertiary/aromatic N) is 2. The van der Waals surface area contributed by atoms with Crippen LogP contribution in [0.15, 0.2) is 24.3 Å². The Kier molecular flexibility index (Phi) is 6.02. The van der Waals surface area contributed by atoms with E-state index < -0.39 is 18.9 Å². The number of hydrogen-bond acceptors (Lipinski definition) is 2. The molecule has 1 aromatic rings. The van der Waals surface area contributed by atoms with Crippen LogP contribution in [0.1, 0.15) is 10.4 Å². The van der Waals surface area contributed by atoms with Gasteiger partial charge in [-0.3, -0.25) is 4.79 Å². The van der Waals surface area contributed by atoms with Gasteiger partial charge in [0.1, 0.15) is 0 Å². The third-order valence-electron chi connectivity index (χ3n) is 2.63. The van der Waals surface area contributed by atoms with Gasteiger partial charge >= 0.3 is 0 Å². The molecule has 0 aliphatic rings. The number of amides is 1. The number of rotatable bonds is 6. The van der Waals surface area contributed by atoms with Gasteiger partial charge in [-0.2, -0.15) is 0 Å². The molecular formula is C13H17ClF2N2O. The lowest BCUT2D eigenvalue weighted by molar-refractivity contribution is 0.0571. The second-order valence-electron chi connectivity index (χ2n) is 4.27. The maximum atomic E-state index is 12.4. The fourth-order valence-electron chi connectivity index (χ4n) is 1.63. The summed E-state index contributed by atoms with van der Waals surface area (Å²) in [6.45, 7) is -0.485. The summed E-state index contributed by atoms with van der Waals surface area (Å²) < 4.78 is 24.8. The second-order valence-corrected chi connectivity index (χ2v) is 4.65. The number of hydrogen-bond donors (Lipinski definition) is 0. The first kappa shape index (κ1) is 15.7. The maximum absolute atomic E-state index is 12.4. The number of carbonyl (C=O) groups is 1. The topological polar surface area (TPSA) is 23.6 Å². The molecule has 0 spiro atoms. The van der Waals surface area contributed by atoms with Gasteiger partial charge in [0.2, 0.25) is 0 Å². The lowest BCUT2D eigenvalue weighted by Crippen LogP contribution is -2.36. The van der Waals surface area contributed by atoms with E-state index in [1.54, 1.807) is 24.3 Å². The van der Waals surface area contributed by atoms with Gasteiger partial charge in [-0.25, -0.2) is 8.78 Å². The van der Waals surface area contributed by atoms with Crippen molar-refractivity contribution in [1.29, 1.82) is 0 Å². The second kappa shape index (κ2) is 7.28. The van der Waals surface area contributed by atoms with Crippen LogP contribution in [0.5, 0.6) is 0 Å². The fourth-order valence-corrected chi connectivity index (χ4v) is 1.83. The minimum absolute atomic E-state index is 0.111. The highest BCUT2D eigenvalue weighted by molar-refractivity contribution is 6.18. The molecule has 106 valence electrons. The molecule has 0 saturated carbocycles. The molecule has 1 amide bonds. The summed E-state index contributed by atoms with van der Waals surface area (Å²) in [4.78, 5) is 15.0. The van der Waals surface area contributed by atoms with Crippen molar-refractivity contribution in [2.75, 3.05) is 38.0 Å². The van der Waals surface area contributed by atoms with Gasteiger partial charge in [-0.15, -0.1) is 11.6 Å². The van der Waals surface area contributed by atoms with E-state index in [0.717, 1.165) is 10.6 Å². The van der Waals surface area contributed by atoms with Crippen molar-refractivity contribution in [3.63, 3.8) is 0 Å². The summed E-state index contributed by atoms with van der Waals surface area (Å²) in [5.41, 5.74) is 1.32. The standard InChI is InChI=1S/C13H17ClF2N2O/c1-17(2)11-5-3-10(4-6-11)13(19)18(8-7-14)9-12(15)16/h3-6,12H,7-9H2,1-2H3. The van der Waals surface area contributed by atoms with Crippen LogP contribution in [0.4, 0.5) is 14.5 Å². The normalized spacial score (nSPS) is 10.6. The summed E-state index contributed by atoms with van der Waals surface area (Å²) in [6.07, 6.45) is -2.56. The molecule has 0 radical (unpaired) electrons. The molecule has 0 aliphatic carbocycles. The summed E-state index contributed by atoms with van der Waals surface area (Å²) in [5.74, 6) is -0.292. The Labute approximate surface area is 116 Å². The zero-order valence-electron chi connectivity index (χ0n) is 10.9. The number of anilines is 1. The average molecular weight is 291 g/mol. The fraction of sp³-hybridized carbons (Fsp3) is 0.462. The van der Waals surface area contributed by atoms with E-state index >= 15 is 0 Å². The summed E-state index contributed by atoms with van der Waals surface area (Å²) in [5, 5.41) is 0. The Morgan fingerprint density at radius 2 is 1.84 bits per heavy atom. The van der Waals surface area contributed by atoms with Crippen molar-refractivity contribution >= 4 is 23.2 Å². The molecule has 0 bridgehead atoms. The molecule has 0 saturated heterocycles. The molecule has 0 unspecified atom stereocenters.